The van der Waals surface area contributed by atoms with Crippen LogP contribution in [-0.4, -0.2) is 32.4 Å². The van der Waals surface area contributed by atoms with Crippen LogP contribution >= 0.6 is 22.9 Å². The minimum atomic E-state index is -1.11. The number of carboxylic acids is 1. The summed E-state index contributed by atoms with van der Waals surface area (Å²) in [6.07, 6.45) is 6.10. The largest absolute Gasteiger partial charge is 0.480 e. The third-order valence-corrected chi connectivity index (χ3v) is 3.70. The number of fused-ring (bicyclic) bond motifs is 1. The van der Waals surface area contributed by atoms with E-state index in [1.807, 2.05) is 5.38 Å². The third-order valence-electron chi connectivity index (χ3n) is 2.66. The number of thiazole rings is 1. The summed E-state index contributed by atoms with van der Waals surface area (Å²) in [5.74, 6) is -1.63. The SMILES string of the molecule is C=CCC(NC(=O)/C=C/c1c(Cl)nc2sccn12)C(=O)O. The Morgan fingerprint density at radius 2 is 2.38 bits per heavy atom. The highest BCUT2D eigenvalue weighted by Crippen LogP contribution is 2.22. The van der Waals surface area contributed by atoms with Crippen LogP contribution in [-0.2, 0) is 9.59 Å². The van der Waals surface area contributed by atoms with Crippen molar-refractivity contribution in [2.45, 2.75) is 12.5 Å². The van der Waals surface area contributed by atoms with Crippen molar-refractivity contribution in [2.24, 2.45) is 0 Å². The third kappa shape index (κ3) is 3.50. The standard InChI is InChI=1S/C13H12ClN3O3S/c1-2-3-8(12(19)20)15-10(18)5-4-9-11(14)16-13-17(9)6-7-21-13/h2,4-8H,1,3H2,(H,15,18)(H,19,20)/b5-4+. The maximum atomic E-state index is 11.7. The molecular formula is C13H12ClN3O3S. The minimum Gasteiger partial charge on any atom is -0.480 e. The second kappa shape index (κ2) is 6.55. The van der Waals surface area contributed by atoms with E-state index < -0.39 is 17.9 Å². The zero-order valence-electron chi connectivity index (χ0n) is 10.8. The molecule has 2 heterocycles. The average Bonchev–Trinajstić information content (AvgIpc) is 2.96. The molecule has 2 N–H and O–H groups in total. The Morgan fingerprint density at radius 3 is 3.05 bits per heavy atom. The van der Waals surface area contributed by atoms with Gasteiger partial charge in [0.2, 0.25) is 5.91 Å². The maximum absolute atomic E-state index is 11.7. The van der Waals surface area contributed by atoms with Gasteiger partial charge < -0.3 is 10.4 Å². The quantitative estimate of drug-likeness (QED) is 0.630. The number of aliphatic carboxylic acids is 1. The van der Waals surface area contributed by atoms with Crippen LogP contribution in [0.25, 0.3) is 11.0 Å². The first-order valence-electron chi connectivity index (χ1n) is 5.96. The number of nitrogens with zero attached hydrogens (tertiary/aromatic N) is 2. The molecule has 0 saturated carbocycles. The Bertz CT molecular complexity index is 719. The fraction of sp³-hybridized carbons (Fsp3) is 0.154. The first-order chi connectivity index (χ1) is 10.0. The predicted octanol–water partition coefficient (Wildman–Crippen LogP) is 2.21. The number of nitrogens with one attached hydrogen (secondary N) is 1. The summed E-state index contributed by atoms with van der Waals surface area (Å²) in [6.45, 7) is 3.46. The van der Waals surface area contributed by atoms with Gasteiger partial charge in [0.05, 0.1) is 5.69 Å². The highest BCUT2D eigenvalue weighted by molar-refractivity contribution is 7.15. The van der Waals surface area contributed by atoms with E-state index in [0.717, 1.165) is 4.96 Å². The predicted molar refractivity (Wildman–Crippen MR) is 81.5 cm³/mol. The van der Waals surface area contributed by atoms with Gasteiger partial charge in [0.15, 0.2) is 10.1 Å². The number of aromatic nitrogens is 2. The molecule has 2 rings (SSSR count). The van der Waals surface area contributed by atoms with Crippen molar-refractivity contribution in [3.8, 4) is 0 Å². The maximum Gasteiger partial charge on any atom is 0.326 e. The van der Waals surface area contributed by atoms with Crippen molar-refractivity contribution in [3.63, 3.8) is 0 Å². The van der Waals surface area contributed by atoms with Crippen molar-refractivity contribution in [2.75, 3.05) is 0 Å². The van der Waals surface area contributed by atoms with Gasteiger partial charge in [-0.25, -0.2) is 9.78 Å². The molecule has 6 nitrogen and oxygen atoms in total. The number of carboxylic acid groups (broad SMARTS) is 1. The molecule has 0 spiro atoms. The first kappa shape index (κ1) is 15.3. The van der Waals surface area contributed by atoms with Crippen LogP contribution in [0.4, 0.5) is 0 Å². The lowest BCUT2D eigenvalue weighted by atomic mass is 10.2. The van der Waals surface area contributed by atoms with Gasteiger partial charge in [-0.05, 0) is 12.5 Å². The average molecular weight is 326 g/mol. The molecule has 1 amide bonds. The van der Waals surface area contributed by atoms with Gasteiger partial charge in [0, 0.05) is 17.7 Å². The van der Waals surface area contributed by atoms with E-state index in [1.54, 1.807) is 10.6 Å². The lowest BCUT2D eigenvalue weighted by Crippen LogP contribution is -2.39. The molecule has 0 bridgehead atoms. The molecule has 110 valence electrons. The number of hydrogen-bond acceptors (Lipinski definition) is 4. The molecule has 0 aliphatic carbocycles. The van der Waals surface area contributed by atoms with E-state index in [1.165, 1.54) is 29.6 Å². The fourth-order valence-corrected chi connectivity index (χ4v) is 2.69. The normalized spacial score (nSPS) is 12.6. The van der Waals surface area contributed by atoms with Crippen LogP contribution in [0.5, 0.6) is 0 Å². The number of amides is 1. The summed E-state index contributed by atoms with van der Waals surface area (Å²) in [6, 6.07) is -0.998. The molecule has 0 saturated heterocycles. The van der Waals surface area contributed by atoms with Crippen LogP contribution in [0, 0.1) is 0 Å². The Labute approximate surface area is 129 Å². The second-order valence-electron chi connectivity index (χ2n) is 4.10. The van der Waals surface area contributed by atoms with Crippen LogP contribution in [0.1, 0.15) is 12.1 Å². The summed E-state index contributed by atoms with van der Waals surface area (Å²) in [7, 11) is 0. The summed E-state index contributed by atoms with van der Waals surface area (Å²) >= 11 is 7.40. The monoisotopic (exact) mass is 325 g/mol. The Balaban J connectivity index is 2.11. The van der Waals surface area contributed by atoms with E-state index in [-0.39, 0.29) is 11.6 Å². The molecular weight excluding hydrogens is 314 g/mol. The topological polar surface area (TPSA) is 83.7 Å². The van der Waals surface area contributed by atoms with Crippen LogP contribution in [0.15, 0.2) is 30.3 Å². The summed E-state index contributed by atoms with van der Waals surface area (Å²) in [5, 5.41) is 13.4. The molecule has 21 heavy (non-hydrogen) atoms. The molecule has 0 aromatic carbocycles. The molecule has 2 aromatic rings. The highest BCUT2D eigenvalue weighted by Gasteiger charge is 2.17. The molecule has 0 radical (unpaired) electrons. The molecule has 1 unspecified atom stereocenters. The lowest BCUT2D eigenvalue weighted by Gasteiger charge is -2.10. The highest BCUT2D eigenvalue weighted by atomic mass is 35.5. The van der Waals surface area contributed by atoms with E-state index in [0.29, 0.717) is 5.69 Å². The molecule has 0 fully saturated rings. The van der Waals surface area contributed by atoms with E-state index >= 15 is 0 Å². The van der Waals surface area contributed by atoms with Gasteiger partial charge in [-0.1, -0.05) is 17.7 Å². The molecule has 1 atom stereocenters. The van der Waals surface area contributed by atoms with Crippen LogP contribution < -0.4 is 5.32 Å². The van der Waals surface area contributed by atoms with Crippen molar-refractivity contribution in [1.82, 2.24) is 14.7 Å². The zero-order chi connectivity index (χ0) is 15.4. The molecule has 0 aliphatic heterocycles. The Morgan fingerprint density at radius 1 is 1.62 bits per heavy atom. The zero-order valence-corrected chi connectivity index (χ0v) is 12.4. The van der Waals surface area contributed by atoms with Crippen LogP contribution in [0.3, 0.4) is 0 Å². The summed E-state index contributed by atoms with van der Waals surface area (Å²) < 4.78 is 1.75. The van der Waals surface area contributed by atoms with Crippen molar-refractivity contribution in [1.29, 1.82) is 0 Å². The van der Waals surface area contributed by atoms with Crippen molar-refractivity contribution < 1.29 is 14.7 Å². The van der Waals surface area contributed by atoms with Gasteiger partial charge >= 0.3 is 5.97 Å². The Kier molecular flexibility index (Phi) is 4.77. The van der Waals surface area contributed by atoms with Gasteiger partial charge in [-0.2, -0.15) is 0 Å². The molecule has 0 aliphatic rings. The number of halogens is 1. The van der Waals surface area contributed by atoms with Gasteiger partial charge in [-0.15, -0.1) is 17.9 Å². The molecule has 8 heteroatoms. The van der Waals surface area contributed by atoms with E-state index in [4.69, 9.17) is 16.7 Å². The number of carbonyl (C=O) groups excluding carboxylic acids is 1. The molecule has 2 aromatic heterocycles. The number of rotatable bonds is 6. The number of imidazole rings is 1. The van der Waals surface area contributed by atoms with Gasteiger partial charge in [0.25, 0.3) is 0 Å². The Hall–Kier alpha value is -2.12. The smallest absolute Gasteiger partial charge is 0.326 e. The fourth-order valence-electron chi connectivity index (χ4n) is 1.69. The first-order valence-corrected chi connectivity index (χ1v) is 7.22. The van der Waals surface area contributed by atoms with E-state index in [9.17, 15) is 9.59 Å². The lowest BCUT2D eigenvalue weighted by molar-refractivity contribution is -0.141. The number of carbonyl (C=O) groups is 2. The second-order valence-corrected chi connectivity index (χ2v) is 5.33. The van der Waals surface area contributed by atoms with E-state index in [2.05, 4.69) is 16.9 Å². The number of hydrogen-bond donors (Lipinski definition) is 2. The summed E-state index contributed by atoms with van der Waals surface area (Å²) in [5.41, 5.74) is 0.568. The van der Waals surface area contributed by atoms with Crippen LogP contribution in [0.2, 0.25) is 5.15 Å². The minimum absolute atomic E-state index is 0.150. The van der Waals surface area contributed by atoms with Crippen molar-refractivity contribution in [3.05, 3.63) is 41.2 Å². The summed E-state index contributed by atoms with van der Waals surface area (Å²) in [4.78, 5) is 27.5. The van der Waals surface area contributed by atoms with Gasteiger partial charge in [-0.3, -0.25) is 9.20 Å². The van der Waals surface area contributed by atoms with Crippen molar-refractivity contribution >= 4 is 45.9 Å². The van der Waals surface area contributed by atoms with Gasteiger partial charge in [0.1, 0.15) is 6.04 Å².